The van der Waals surface area contributed by atoms with E-state index in [0.717, 1.165) is 0 Å². The first kappa shape index (κ1) is 12.9. The number of ether oxygens (including phenoxy) is 2. The number of carbonyl (C=O) groups is 2. The Bertz CT molecular complexity index is 373. The number of rotatable bonds is 3. The van der Waals surface area contributed by atoms with Gasteiger partial charge in [0.1, 0.15) is 11.2 Å². The molecule has 0 saturated carbocycles. The van der Waals surface area contributed by atoms with Crippen molar-refractivity contribution >= 4 is 11.9 Å². The second-order valence-corrected chi connectivity index (χ2v) is 5.74. The van der Waals surface area contributed by atoms with Crippen LogP contribution in [0, 0.1) is 0 Å². The van der Waals surface area contributed by atoms with Gasteiger partial charge in [-0.15, -0.1) is 0 Å². The highest BCUT2D eigenvalue weighted by Crippen LogP contribution is 2.39. The van der Waals surface area contributed by atoms with E-state index >= 15 is 0 Å². The second kappa shape index (κ2) is 3.97. The zero-order valence-corrected chi connectivity index (χ0v) is 10.9. The van der Waals surface area contributed by atoms with Gasteiger partial charge in [-0.05, 0) is 26.7 Å². The van der Waals surface area contributed by atoms with Gasteiger partial charge in [-0.2, -0.15) is 0 Å². The van der Waals surface area contributed by atoms with Crippen LogP contribution in [0.25, 0.3) is 0 Å². The average Bonchev–Trinajstić information content (AvgIpc) is 2.65. The molecule has 18 heavy (non-hydrogen) atoms. The van der Waals surface area contributed by atoms with E-state index in [1.54, 1.807) is 0 Å². The minimum absolute atomic E-state index is 0.324. The molecule has 0 aromatic heterocycles. The molecule has 2 fully saturated rings. The highest BCUT2D eigenvalue weighted by atomic mass is 16.6. The van der Waals surface area contributed by atoms with Gasteiger partial charge in [-0.1, -0.05) is 13.2 Å². The molecule has 0 aromatic rings. The SMILES string of the molecule is C=C1C[C@](C)(CC[C@@]2(C)CC(=C)C(=O)O2)OC1=O. The Morgan fingerprint density at radius 1 is 0.944 bits per heavy atom. The minimum atomic E-state index is -0.520. The van der Waals surface area contributed by atoms with E-state index in [2.05, 4.69) is 13.2 Å². The van der Waals surface area contributed by atoms with Crippen LogP contribution in [-0.4, -0.2) is 23.1 Å². The molecule has 2 aliphatic rings. The number of cyclic esters (lactones) is 2. The van der Waals surface area contributed by atoms with Crippen LogP contribution in [0.1, 0.15) is 39.5 Å². The van der Waals surface area contributed by atoms with Crippen LogP contribution in [0.3, 0.4) is 0 Å². The Balaban J connectivity index is 1.97. The number of hydrogen-bond acceptors (Lipinski definition) is 4. The number of hydrogen-bond donors (Lipinski definition) is 0. The molecule has 2 aliphatic heterocycles. The summed E-state index contributed by atoms with van der Waals surface area (Å²) in [6.07, 6.45) is 2.37. The lowest BCUT2D eigenvalue weighted by Crippen LogP contribution is -2.31. The van der Waals surface area contributed by atoms with E-state index in [9.17, 15) is 9.59 Å². The molecular formula is C14H18O4. The third-order valence-corrected chi connectivity index (χ3v) is 3.61. The number of esters is 2. The zero-order valence-electron chi connectivity index (χ0n) is 10.9. The molecule has 0 spiro atoms. The Morgan fingerprint density at radius 2 is 1.28 bits per heavy atom. The lowest BCUT2D eigenvalue weighted by Gasteiger charge is -2.28. The fraction of sp³-hybridized carbons (Fsp3) is 0.571. The molecule has 0 aromatic carbocycles. The Hall–Kier alpha value is -1.58. The maximum atomic E-state index is 11.3. The van der Waals surface area contributed by atoms with E-state index in [-0.39, 0.29) is 11.9 Å². The van der Waals surface area contributed by atoms with Crippen molar-refractivity contribution in [1.82, 2.24) is 0 Å². The van der Waals surface area contributed by atoms with Gasteiger partial charge in [0.2, 0.25) is 0 Å². The minimum Gasteiger partial charge on any atom is -0.456 e. The van der Waals surface area contributed by atoms with Crippen LogP contribution >= 0.6 is 0 Å². The lowest BCUT2D eigenvalue weighted by molar-refractivity contribution is -0.151. The topological polar surface area (TPSA) is 52.6 Å². The molecule has 0 bridgehead atoms. The predicted octanol–water partition coefficient (Wildman–Crippen LogP) is 2.29. The summed E-state index contributed by atoms with van der Waals surface area (Å²) in [5, 5.41) is 0. The number of carbonyl (C=O) groups excluding carboxylic acids is 2. The highest BCUT2D eigenvalue weighted by Gasteiger charge is 2.43. The summed E-state index contributed by atoms with van der Waals surface area (Å²) in [4.78, 5) is 22.7. The Morgan fingerprint density at radius 3 is 1.50 bits per heavy atom. The van der Waals surface area contributed by atoms with Crippen molar-refractivity contribution in [2.75, 3.05) is 0 Å². The summed E-state index contributed by atoms with van der Waals surface area (Å²) >= 11 is 0. The normalized spacial score (nSPS) is 35.9. The molecule has 0 amide bonds. The molecule has 2 heterocycles. The summed E-state index contributed by atoms with van der Waals surface area (Å²) in [7, 11) is 0. The van der Waals surface area contributed by atoms with Crippen molar-refractivity contribution in [3.63, 3.8) is 0 Å². The maximum absolute atomic E-state index is 11.3. The summed E-state index contributed by atoms with van der Waals surface area (Å²) in [6.45, 7) is 11.1. The van der Waals surface area contributed by atoms with Crippen molar-refractivity contribution in [2.45, 2.75) is 50.7 Å². The summed E-state index contributed by atoms with van der Waals surface area (Å²) in [6, 6.07) is 0. The third kappa shape index (κ3) is 2.33. The van der Waals surface area contributed by atoms with Gasteiger partial charge in [-0.3, -0.25) is 0 Å². The Kier molecular flexibility index (Phi) is 2.84. The molecule has 98 valence electrons. The summed E-state index contributed by atoms with van der Waals surface area (Å²) < 4.78 is 10.6. The third-order valence-electron chi connectivity index (χ3n) is 3.61. The lowest BCUT2D eigenvalue weighted by atomic mass is 9.87. The van der Waals surface area contributed by atoms with Crippen molar-refractivity contribution in [3.05, 3.63) is 24.3 Å². The fourth-order valence-corrected chi connectivity index (χ4v) is 2.52. The first-order chi connectivity index (χ1) is 8.23. The summed E-state index contributed by atoms with van der Waals surface area (Å²) in [5.74, 6) is -0.647. The smallest absolute Gasteiger partial charge is 0.334 e. The van der Waals surface area contributed by atoms with E-state index in [4.69, 9.17) is 9.47 Å². The quantitative estimate of drug-likeness (QED) is 0.569. The van der Waals surface area contributed by atoms with Crippen molar-refractivity contribution < 1.29 is 19.1 Å². The van der Waals surface area contributed by atoms with Crippen molar-refractivity contribution in [2.24, 2.45) is 0 Å². The van der Waals surface area contributed by atoms with Crippen LogP contribution in [0.4, 0.5) is 0 Å². The molecule has 0 N–H and O–H groups in total. The first-order valence-electron chi connectivity index (χ1n) is 6.05. The standard InChI is InChI=1S/C14H18O4/c1-9-7-13(3,17-11(9)15)5-6-14(4)8-10(2)12(16)18-14/h1-2,5-8H2,3-4H3/t13-,14-/m0/s1. The van der Waals surface area contributed by atoms with Gasteiger partial charge in [0, 0.05) is 24.0 Å². The van der Waals surface area contributed by atoms with Crippen LogP contribution in [-0.2, 0) is 19.1 Å². The second-order valence-electron chi connectivity index (χ2n) is 5.74. The van der Waals surface area contributed by atoms with E-state index in [0.29, 0.717) is 36.8 Å². The van der Waals surface area contributed by atoms with Crippen LogP contribution < -0.4 is 0 Å². The van der Waals surface area contributed by atoms with E-state index in [1.807, 2.05) is 13.8 Å². The van der Waals surface area contributed by atoms with Gasteiger partial charge in [0.15, 0.2) is 0 Å². The van der Waals surface area contributed by atoms with Crippen molar-refractivity contribution in [1.29, 1.82) is 0 Å². The van der Waals surface area contributed by atoms with Crippen LogP contribution in [0.2, 0.25) is 0 Å². The molecule has 4 heteroatoms. The van der Waals surface area contributed by atoms with Gasteiger partial charge in [-0.25, -0.2) is 9.59 Å². The monoisotopic (exact) mass is 250 g/mol. The zero-order chi connectivity index (χ0) is 13.6. The molecule has 0 radical (unpaired) electrons. The van der Waals surface area contributed by atoms with Gasteiger partial charge in [0.25, 0.3) is 0 Å². The van der Waals surface area contributed by atoms with Gasteiger partial charge < -0.3 is 9.47 Å². The van der Waals surface area contributed by atoms with Gasteiger partial charge >= 0.3 is 11.9 Å². The van der Waals surface area contributed by atoms with E-state index < -0.39 is 11.2 Å². The van der Waals surface area contributed by atoms with Gasteiger partial charge in [0.05, 0.1) is 0 Å². The first-order valence-corrected chi connectivity index (χ1v) is 6.05. The molecular weight excluding hydrogens is 232 g/mol. The highest BCUT2D eigenvalue weighted by molar-refractivity contribution is 5.91. The van der Waals surface area contributed by atoms with Crippen LogP contribution in [0.5, 0.6) is 0 Å². The molecule has 0 unspecified atom stereocenters. The largest absolute Gasteiger partial charge is 0.456 e. The molecule has 0 aliphatic carbocycles. The average molecular weight is 250 g/mol. The van der Waals surface area contributed by atoms with Crippen molar-refractivity contribution in [3.8, 4) is 0 Å². The Labute approximate surface area is 107 Å². The summed E-state index contributed by atoms with van der Waals surface area (Å²) in [5.41, 5.74) is -0.0213. The molecule has 2 saturated heterocycles. The molecule has 4 nitrogen and oxygen atoms in total. The maximum Gasteiger partial charge on any atom is 0.334 e. The fourth-order valence-electron chi connectivity index (χ4n) is 2.52. The van der Waals surface area contributed by atoms with Crippen LogP contribution in [0.15, 0.2) is 24.3 Å². The van der Waals surface area contributed by atoms with E-state index in [1.165, 1.54) is 0 Å². The molecule has 2 rings (SSSR count). The molecule has 2 atom stereocenters. The predicted molar refractivity (Wildman–Crippen MR) is 65.7 cm³/mol.